The molecule has 164 valence electrons. The van der Waals surface area contributed by atoms with E-state index in [2.05, 4.69) is 43.7 Å². The number of allylic oxidation sites excluding steroid dienone is 2. The number of benzene rings is 1. The van der Waals surface area contributed by atoms with Gasteiger partial charge in [-0.3, -0.25) is 14.5 Å². The Bertz CT molecular complexity index is 977. The maximum atomic E-state index is 11.4. The van der Waals surface area contributed by atoms with Crippen LogP contribution in [0.2, 0.25) is 0 Å². The lowest BCUT2D eigenvalue weighted by atomic mass is 9.78. The maximum absolute atomic E-state index is 11.4. The minimum absolute atomic E-state index is 0.107. The first kappa shape index (κ1) is 21.9. The van der Waals surface area contributed by atoms with E-state index in [1.54, 1.807) is 0 Å². The summed E-state index contributed by atoms with van der Waals surface area (Å²) in [6.07, 6.45) is 5.50. The third-order valence-corrected chi connectivity index (χ3v) is 7.33. The van der Waals surface area contributed by atoms with E-state index in [0.717, 1.165) is 36.0 Å². The Kier molecular flexibility index (Phi) is 6.42. The molecule has 1 atom stereocenters. The second-order valence-electron chi connectivity index (χ2n) is 8.19. The monoisotopic (exact) mass is 537 g/mol. The molecule has 0 unspecified atom stereocenters. The number of halogens is 1. The lowest BCUT2D eigenvalue weighted by Gasteiger charge is -2.36. The van der Waals surface area contributed by atoms with Crippen LogP contribution >= 0.6 is 22.6 Å². The number of carboxylic acids is 2. The first-order valence-electron chi connectivity index (χ1n) is 10.3. The van der Waals surface area contributed by atoms with Gasteiger partial charge in [0.05, 0.1) is 0 Å². The van der Waals surface area contributed by atoms with E-state index < -0.39 is 17.4 Å². The van der Waals surface area contributed by atoms with E-state index in [-0.39, 0.29) is 12.8 Å². The Morgan fingerprint density at radius 2 is 1.84 bits per heavy atom. The summed E-state index contributed by atoms with van der Waals surface area (Å²) in [7, 11) is 0. The van der Waals surface area contributed by atoms with Crippen LogP contribution in [0.1, 0.15) is 43.6 Å². The summed E-state index contributed by atoms with van der Waals surface area (Å²) in [6.45, 7) is 1.50. The van der Waals surface area contributed by atoms with Crippen molar-refractivity contribution in [2.24, 2.45) is 5.41 Å². The molecule has 0 bridgehead atoms. The van der Waals surface area contributed by atoms with Crippen LogP contribution in [-0.4, -0.2) is 54.2 Å². The molecule has 1 aliphatic heterocycles. The van der Waals surface area contributed by atoms with Crippen molar-refractivity contribution in [3.05, 3.63) is 41.8 Å². The smallest absolute Gasteiger partial charge is 0.321 e. The van der Waals surface area contributed by atoms with Gasteiger partial charge in [0.15, 0.2) is 5.41 Å². The molecular formula is C22H24IN3O5. The summed E-state index contributed by atoms with van der Waals surface area (Å²) in [5, 5.41) is 22.8. The van der Waals surface area contributed by atoms with Gasteiger partial charge in [-0.1, -0.05) is 58.1 Å². The van der Waals surface area contributed by atoms with Crippen LogP contribution in [0, 0.1) is 5.41 Å². The lowest BCUT2D eigenvalue weighted by Crippen LogP contribution is -2.48. The quantitative estimate of drug-likeness (QED) is 0.324. The lowest BCUT2D eigenvalue weighted by molar-refractivity contribution is -0.168. The number of aliphatic carboxylic acids is 2. The molecule has 1 aromatic carbocycles. The van der Waals surface area contributed by atoms with E-state index in [1.807, 2.05) is 24.3 Å². The Morgan fingerprint density at radius 3 is 2.42 bits per heavy atom. The van der Waals surface area contributed by atoms with Crippen LogP contribution in [0.5, 0.6) is 0 Å². The Hall–Kier alpha value is -2.27. The molecule has 1 aromatic heterocycles. The number of nitrogens with zero attached hydrogens (tertiary/aromatic N) is 3. The number of likely N-dealkylation sites (tertiary alicyclic amines) is 1. The Morgan fingerprint density at radius 1 is 1.16 bits per heavy atom. The highest BCUT2D eigenvalue weighted by Crippen LogP contribution is 2.33. The summed E-state index contributed by atoms with van der Waals surface area (Å²) in [5.74, 6) is -1.34. The molecule has 0 saturated carbocycles. The van der Waals surface area contributed by atoms with Crippen molar-refractivity contribution < 1.29 is 24.3 Å². The minimum atomic E-state index is -1.66. The predicted octanol–water partition coefficient (Wildman–Crippen LogP) is 3.86. The van der Waals surface area contributed by atoms with Gasteiger partial charge in [0.1, 0.15) is 0 Å². The van der Waals surface area contributed by atoms with Gasteiger partial charge in [0.2, 0.25) is 5.82 Å². The average molecular weight is 537 g/mol. The average Bonchev–Trinajstić information content (AvgIpc) is 3.25. The van der Waals surface area contributed by atoms with Gasteiger partial charge in [-0.05, 0) is 37.7 Å². The van der Waals surface area contributed by atoms with Gasteiger partial charge >= 0.3 is 11.9 Å². The van der Waals surface area contributed by atoms with Crippen molar-refractivity contribution in [2.45, 2.75) is 42.6 Å². The third kappa shape index (κ3) is 4.67. The first-order chi connectivity index (χ1) is 14.9. The second-order valence-corrected chi connectivity index (χ2v) is 9.95. The standard InChI is InChI=1S/C22H24IN3O5/c23-17-7-5-16(6-8-17)19-24-18(25-31-19)15-3-1-14(2-4-15)13-26-11-9-22(10-12-26,20(27)28)21(29)30/h1-5,17H,6-13H2,(H,27,28)(H,29,30)/t17-/m1/s1. The zero-order valence-corrected chi connectivity index (χ0v) is 19.1. The van der Waals surface area contributed by atoms with E-state index in [4.69, 9.17) is 4.52 Å². The molecule has 9 heteroatoms. The van der Waals surface area contributed by atoms with Crippen LogP contribution in [0.25, 0.3) is 17.0 Å². The SMILES string of the molecule is O=C(O)C1(C(=O)O)CCN(Cc2ccc(-c3noc(C4=CC[C@@H](I)CC4)n3)cc2)CC1. The summed E-state index contributed by atoms with van der Waals surface area (Å²) >= 11 is 2.46. The zero-order valence-electron chi connectivity index (χ0n) is 17.0. The number of piperidine rings is 1. The van der Waals surface area contributed by atoms with Crippen molar-refractivity contribution in [3.63, 3.8) is 0 Å². The van der Waals surface area contributed by atoms with Crippen molar-refractivity contribution in [1.29, 1.82) is 0 Å². The number of aromatic nitrogens is 2. The number of carboxylic acid groups (broad SMARTS) is 2. The van der Waals surface area contributed by atoms with Gasteiger partial charge < -0.3 is 14.7 Å². The molecule has 2 N–H and O–H groups in total. The highest BCUT2D eigenvalue weighted by atomic mass is 127. The number of rotatable bonds is 6. The molecule has 0 amide bonds. The topological polar surface area (TPSA) is 117 Å². The highest BCUT2D eigenvalue weighted by Gasteiger charge is 2.48. The fourth-order valence-electron chi connectivity index (χ4n) is 4.10. The molecular weight excluding hydrogens is 513 g/mol. The van der Waals surface area contributed by atoms with Crippen LogP contribution in [0.15, 0.2) is 34.9 Å². The molecule has 31 heavy (non-hydrogen) atoms. The molecule has 0 spiro atoms. The molecule has 2 aromatic rings. The molecule has 1 fully saturated rings. The minimum Gasteiger partial charge on any atom is -0.480 e. The molecule has 2 aliphatic rings. The van der Waals surface area contributed by atoms with E-state index in [1.165, 1.54) is 0 Å². The molecule has 8 nitrogen and oxygen atoms in total. The highest BCUT2D eigenvalue weighted by molar-refractivity contribution is 14.1. The Labute approximate surface area is 193 Å². The molecule has 1 saturated heterocycles. The van der Waals surface area contributed by atoms with E-state index in [0.29, 0.717) is 35.3 Å². The van der Waals surface area contributed by atoms with Gasteiger partial charge in [-0.2, -0.15) is 4.98 Å². The molecule has 0 radical (unpaired) electrons. The predicted molar refractivity (Wildman–Crippen MR) is 122 cm³/mol. The maximum Gasteiger partial charge on any atom is 0.321 e. The largest absolute Gasteiger partial charge is 0.480 e. The third-order valence-electron chi connectivity index (χ3n) is 6.19. The zero-order chi connectivity index (χ0) is 22.0. The van der Waals surface area contributed by atoms with Crippen molar-refractivity contribution in [3.8, 4) is 11.4 Å². The van der Waals surface area contributed by atoms with Gasteiger partial charge in [0.25, 0.3) is 5.89 Å². The van der Waals surface area contributed by atoms with Gasteiger partial charge in [-0.25, -0.2) is 0 Å². The first-order valence-corrected chi connectivity index (χ1v) is 11.6. The fraction of sp³-hybridized carbons (Fsp3) is 0.455. The number of hydrogen-bond acceptors (Lipinski definition) is 6. The molecule has 4 rings (SSSR count). The van der Waals surface area contributed by atoms with Crippen molar-refractivity contribution >= 4 is 40.1 Å². The van der Waals surface area contributed by atoms with Crippen molar-refractivity contribution in [1.82, 2.24) is 15.0 Å². The van der Waals surface area contributed by atoms with Crippen molar-refractivity contribution in [2.75, 3.05) is 13.1 Å². The number of carbonyl (C=O) groups is 2. The molecule has 2 heterocycles. The van der Waals surface area contributed by atoms with Crippen LogP contribution in [0.3, 0.4) is 0 Å². The van der Waals surface area contributed by atoms with Crippen LogP contribution < -0.4 is 0 Å². The van der Waals surface area contributed by atoms with E-state index in [9.17, 15) is 19.8 Å². The number of hydrogen-bond donors (Lipinski definition) is 2. The number of alkyl halides is 1. The second kappa shape index (κ2) is 9.07. The van der Waals surface area contributed by atoms with Gasteiger partial charge in [0, 0.05) is 34.7 Å². The summed E-state index contributed by atoms with van der Waals surface area (Å²) in [6, 6.07) is 7.87. The normalized spacial score (nSPS) is 21.5. The van der Waals surface area contributed by atoms with E-state index >= 15 is 0 Å². The van der Waals surface area contributed by atoms with Gasteiger partial charge in [-0.15, -0.1) is 0 Å². The summed E-state index contributed by atoms with van der Waals surface area (Å²) < 4.78 is 6.14. The molecule has 1 aliphatic carbocycles. The summed E-state index contributed by atoms with van der Waals surface area (Å²) in [5.41, 5.74) is 1.39. The van der Waals surface area contributed by atoms with Crippen LogP contribution in [0.4, 0.5) is 0 Å². The fourth-order valence-corrected chi connectivity index (χ4v) is 4.66. The Balaban J connectivity index is 1.37. The van der Waals surface area contributed by atoms with Crippen LogP contribution in [-0.2, 0) is 16.1 Å². The summed E-state index contributed by atoms with van der Waals surface area (Å²) in [4.78, 5) is 29.5.